The molecule has 1 N–H and O–H groups in total. The van der Waals surface area contributed by atoms with Gasteiger partial charge in [0.15, 0.2) is 17.7 Å². The van der Waals surface area contributed by atoms with Crippen LogP contribution in [0.3, 0.4) is 0 Å². The van der Waals surface area contributed by atoms with Gasteiger partial charge < -0.3 is 5.11 Å². The van der Waals surface area contributed by atoms with Crippen LogP contribution in [0.2, 0.25) is 0 Å². The normalized spacial score (nSPS) is 15.5. The lowest BCUT2D eigenvalue weighted by molar-refractivity contribution is -0.428. The van der Waals surface area contributed by atoms with E-state index in [9.17, 15) is 62.3 Å². The second-order valence-corrected chi connectivity index (χ2v) is 6.55. The lowest BCUT2D eigenvalue weighted by atomic mass is 9.86. The molecule has 0 fully saturated rings. The molecule has 0 aliphatic rings. The molecule has 1 atom stereocenters. The summed E-state index contributed by atoms with van der Waals surface area (Å²) in [5.41, 5.74) is -2.07. The van der Waals surface area contributed by atoms with Crippen LogP contribution in [0, 0.1) is 0 Å². The molecule has 31 heavy (non-hydrogen) atoms. The van der Waals surface area contributed by atoms with Crippen molar-refractivity contribution in [2.45, 2.75) is 61.9 Å². The minimum Gasteiger partial charge on any atom is -0.379 e. The molecule has 15 heteroatoms. The molecule has 0 saturated heterocycles. The highest BCUT2D eigenvalue weighted by molar-refractivity contribution is 5.98. The zero-order chi connectivity index (χ0) is 25.6. The highest BCUT2D eigenvalue weighted by atomic mass is 19.4. The van der Waals surface area contributed by atoms with E-state index < -0.39 is 70.8 Å². The molecule has 0 spiro atoms. The summed E-state index contributed by atoms with van der Waals surface area (Å²) in [6.07, 6.45) is -7.37. The van der Waals surface area contributed by atoms with Crippen LogP contribution in [0.5, 0.6) is 0 Å². The number of Topliss-reactive ketones (excluding diaryl/α,β-unsaturated/α-hetero) is 2. The number of halogens is 12. The van der Waals surface area contributed by atoms with E-state index >= 15 is 0 Å². The predicted molar refractivity (Wildman–Crippen MR) is 79.9 cm³/mol. The van der Waals surface area contributed by atoms with Gasteiger partial charge in [0.25, 0.3) is 0 Å². The van der Waals surface area contributed by atoms with Crippen LogP contribution in [0.15, 0.2) is 24.3 Å². The molecule has 0 heterocycles. The fourth-order valence-electron chi connectivity index (χ4n) is 1.87. The first-order valence-corrected chi connectivity index (χ1v) is 7.68. The third-order valence-electron chi connectivity index (χ3n) is 3.93. The van der Waals surface area contributed by atoms with Crippen molar-refractivity contribution in [3.8, 4) is 0 Å². The van der Waals surface area contributed by atoms with Crippen LogP contribution in [0.25, 0.3) is 0 Å². The van der Waals surface area contributed by atoms with Crippen molar-refractivity contribution < 1.29 is 67.4 Å². The monoisotopic (exact) mass is 482 g/mol. The van der Waals surface area contributed by atoms with Gasteiger partial charge in [-0.1, -0.05) is 13.2 Å². The van der Waals surface area contributed by atoms with Gasteiger partial charge in [-0.3, -0.25) is 9.59 Å². The van der Waals surface area contributed by atoms with Crippen LogP contribution in [0.4, 0.5) is 52.7 Å². The number of alkyl halides is 12. The molecule has 0 aliphatic heterocycles. The van der Waals surface area contributed by atoms with E-state index in [-0.39, 0.29) is 0 Å². The van der Waals surface area contributed by atoms with Crippen LogP contribution in [-0.2, 0) is 9.59 Å². The van der Waals surface area contributed by atoms with Crippen molar-refractivity contribution in [3.63, 3.8) is 0 Å². The number of ketones is 2. The maximum Gasteiger partial charge on any atom is 0.384 e. The number of carbonyl (C=O) groups is 2. The van der Waals surface area contributed by atoms with Crippen molar-refractivity contribution in [1.29, 1.82) is 0 Å². The Morgan fingerprint density at radius 2 is 1.06 bits per heavy atom. The third kappa shape index (κ3) is 4.32. The second-order valence-electron chi connectivity index (χ2n) is 6.55. The van der Waals surface area contributed by atoms with E-state index in [0.717, 1.165) is 0 Å². The van der Waals surface area contributed by atoms with Gasteiger partial charge in [-0.05, 0) is 25.0 Å². The van der Waals surface area contributed by atoms with E-state index in [1.54, 1.807) is 0 Å². The SMILES string of the molecule is C=C(C)C(=O)CC(F)(F)C(F)(F)C(F)(F)C(F)(F)C(F)(F)C(F)(F)C(O)C(=O)C(=C)C. The summed E-state index contributed by atoms with van der Waals surface area (Å²) in [5.74, 6) is -48.8. The first-order valence-electron chi connectivity index (χ1n) is 7.68. The highest BCUT2D eigenvalue weighted by Gasteiger charge is 2.90. The predicted octanol–water partition coefficient (Wildman–Crippen LogP) is 4.84. The molecule has 0 aromatic carbocycles. The summed E-state index contributed by atoms with van der Waals surface area (Å²) in [4.78, 5) is 22.2. The van der Waals surface area contributed by atoms with E-state index in [2.05, 4.69) is 13.2 Å². The summed E-state index contributed by atoms with van der Waals surface area (Å²) < 4.78 is 164. The van der Waals surface area contributed by atoms with Crippen molar-refractivity contribution in [2.24, 2.45) is 0 Å². The van der Waals surface area contributed by atoms with Gasteiger partial charge >= 0.3 is 35.5 Å². The number of aliphatic hydroxyl groups excluding tert-OH is 1. The molecule has 0 saturated carbocycles. The van der Waals surface area contributed by atoms with E-state index in [0.29, 0.717) is 13.8 Å². The second kappa shape index (κ2) is 8.13. The van der Waals surface area contributed by atoms with Gasteiger partial charge in [0.1, 0.15) is 0 Å². The standard InChI is InChI=1S/C16H14F12O3/c1-6(2)8(29)5-11(17,18)13(21,22)15(25,26)16(27,28)14(23,24)12(19,20)10(31)9(30)7(3)4/h10,31H,1,3,5H2,2,4H3. The van der Waals surface area contributed by atoms with Gasteiger partial charge in [-0.15, -0.1) is 0 Å². The molecular weight excluding hydrogens is 468 g/mol. The Morgan fingerprint density at radius 3 is 1.39 bits per heavy atom. The first-order chi connectivity index (χ1) is 13.3. The summed E-state index contributed by atoms with van der Waals surface area (Å²) in [5, 5.41) is 8.91. The van der Waals surface area contributed by atoms with Gasteiger partial charge in [0.05, 0.1) is 6.42 Å². The number of aliphatic hydroxyl groups is 1. The molecule has 0 rings (SSSR count). The summed E-state index contributed by atoms with van der Waals surface area (Å²) in [6.45, 7) is 6.47. The third-order valence-corrected chi connectivity index (χ3v) is 3.93. The van der Waals surface area contributed by atoms with Gasteiger partial charge in [0, 0.05) is 0 Å². The number of hydrogen-bond acceptors (Lipinski definition) is 3. The van der Waals surface area contributed by atoms with E-state index in [4.69, 9.17) is 5.11 Å². The Hall–Kier alpha value is -2.06. The molecule has 180 valence electrons. The first kappa shape index (κ1) is 28.9. The van der Waals surface area contributed by atoms with Crippen LogP contribution in [0.1, 0.15) is 20.3 Å². The Bertz CT molecular complexity index is 770. The molecular formula is C16H14F12O3. The topological polar surface area (TPSA) is 54.4 Å². The molecule has 0 radical (unpaired) electrons. The molecule has 3 nitrogen and oxygen atoms in total. The summed E-state index contributed by atoms with van der Waals surface area (Å²) in [6, 6.07) is 0. The maximum atomic E-state index is 13.7. The Morgan fingerprint density at radius 1 is 0.710 bits per heavy atom. The van der Waals surface area contributed by atoms with Crippen molar-refractivity contribution >= 4 is 11.6 Å². The lowest BCUT2D eigenvalue weighted by Crippen LogP contribution is -2.72. The summed E-state index contributed by atoms with van der Waals surface area (Å²) in [7, 11) is 0. The average Bonchev–Trinajstić information content (AvgIpc) is 2.58. The minimum atomic E-state index is -7.97. The smallest absolute Gasteiger partial charge is 0.379 e. The van der Waals surface area contributed by atoms with Crippen LogP contribution >= 0.6 is 0 Å². The Kier molecular flexibility index (Phi) is 7.59. The zero-order valence-corrected chi connectivity index (χ0v) is 15.5. The van der Waals surface area contributed by atoms with Crippen LogP contribution in [-0.4, -0.2) is 58.3 Å². The lowest BCUT2D eigenvalue weighted by Gasteiger charge is -2.41. The molecule has 1 unspecified atom stereocenters. The quantitative estimate of drug-likeness (QED) is 0.339. The molecule has 0 aliphatic carbocycles. The van der Waals surface area contributed by atoms with Gasteiger partial charge in [0.2, 0.25) is 0 Å². The number of carbonyl (C=O) groups excluding carboxylic acids is 2. The van der Waals surface area contributed by atoms with Gasteiger partial charge in [-0.25, -0.2) is 0 Å². The number of rotatable bonds is 11. The zero-order valence-electron chi connectivity index (χ0n) is 15.5. The van der Waals surface area contributed by atoms with Gasteiger partial charge in [-0.2, -0.15) is 52.7 Å². The largest absolute Gasteiger partial charge is 0.384 e. The molecule has 0 aromatic rings. The van der Waals surface area contributed by atoms with Crippen molar-refractivity contribution in [1.82, 2.24) is 0 Å². The van der Waals surface area contributed by atoms with E-state index in [1.165, 1.54) is 0 Å². The minimum absolute atomic E-state index is 0.514. The molecule has 0 amide bonds. The Balaban J connectivity index is 6.54. The molecule has 0 bridgehead atoms. The maximum absolute atomic E-state index is 13.7. The average molecular weight is 482 g/mol. The number of hydrogen-bond donors (Lipinski definition) is 1. The molecule has 0 aromatic heterocycles. The summed E-state index contributed by atoms with van der Waals surface area (Å²) >= 11 is 0. The van der Waals surface area contributed by atoms with E-state index in [1.807, 2.05) is 0 Å². The van der Waals surface area contributed by atoms with Crippen LogP contribution < -0.4 is 0 Å². The van der Waals surface area contributed by atoms with Crippen molar-refractivity contribution in [3.05, 3.63) is 24.3 Å². The Labute approximate surface area is 166 Å². The highest BCUT2D eigenvalue weighted by Crippen LogP contribution is 2.61. The fraction of sp³-hybridized carbons (Fsp3) is 0.625. The fourth-order valence-corrected chi connectivity index (χ4v) is 1.87. The van der Waals surface area contributed by atoms with Crippen molar-refractivity contribution in [2.75, 3.05) is 0 Å². The number of allylic oxidation sites excluding steroid dienone is 1.